The lowest BCUT2D eigenvalue weighted by atomic mass is 9.86. The van der Waals surface area contributed by atoms with Gasteiger partial charge in [0, 0.05) is 7.11 Å². The molecule has 0 saturated carbocycles. The number of hydrogen-bond acceptors (Lipinski definition) is 3. The number of hydrogen-bond donors (Lipinski definition) is 1. The molecule has 0 heterocycles. The van der Waals surface area contributed by atoms with Gasteiger partial charge in [0.1, 0.15) is 6.79 Å². The lowest BCUT2D eigenvalue weighted by molar-refractivity contribution is -0.171. The van der Waals surface area contributed by atoms with E-state index in [1.165, 1.54) is 14.0 Å². The second kappa shape index (κ2) is 5.80. The predicted molar refractivity (Wildman–Crippen MR) is 69.0 cm³/mol. The van der Waals surface area contributed by atoms with Gasteiger partial charge in [-0.25, -0.2) is 4.79 Å². The third-order valence-electron chi connectivity index (χ3n) is 2.61. The third-order valence-corrected chi connectivity index (χ3v) is 4.51. The van der Waals surface area contributed by atoms with Crippen LogP contribution in [-0.4, -0.2) is 40.7 Å². The largest absolute Gasteiger partial charge is 0.479 e. The second-order valence-electron chi connectivity index (χ2n) is 4.00. The lowest BCUT2D eigenvalue weighted by Crippen LogP contribution is -2.50. The molecule has 0 aliphatic heterocycles. The first-order valence-electron chi connectivity index (χ1n) is 5.13. The highest BCUT2D eigenvalue weighted by Crippen LogP contribution is 2.40. The first-order valence-corrected chi connectivity index (χ1v) is 6.38. The van der Waals surface area contributed by atoms with E-state index in [1.807, 2.05) is 0 Å². The molecule has 1 aliphatic carbocycles. The number of ether oxygens (including phenoxy) is 2. The van der Waals surface area contributed by atoms with Crippen molar-refractivity contribution >= 4 is 28.6 Å². The Morgan fingerprint density at radius 1 is 1.58 bits per heavy atom. The normalized spacial score (nSPS) is 27.8. The maximum atomic E-state index is 12.8. The van der Waals surface area contributed by atoms with Crippen LogP contribution in [0, 0.1) is 0 Å². The molecule has 0 bridgehead atoms. The first kappa shape index (κ1) is 16.4. The number of rotatable bonds is 4. The summed E-state index contributed by atoms with van der Waals surface area (Å²) in [6.45, 7) is 1.02. The highest BCUT2D eigenvalue weighted by molar-refractivity contribution is 14.1. The fourth-order valence-electron chi connectivity index (χ4n) is 1.67. The Bertz CT molecular complexity index is 430. The molecule has 2 unspecified atom stereocenters. The zero-order chi connectivity index (χ0) is 14.8. The van der Waals surface area contributed by atoms with E-state index in [0.717, 1.165) is 6.08 Å². The maximum Gasteiger partial charge on any atom is 0.416 e. The van der Waals surface area contributed by atoms with E-state index < -0.39 is 34.0 Å². The Morgan fingerprint density at radius 2 is 2.16 bits per heavy atom. The molecular formula is C11H12F3IO4. The van der Waals surface area contributed by atoms with Crippen LogP contribution in [0.15, 0.2) is 23.3 Å². The van der Waals surface area contributed by atoms with Crippen LogP contribution in [0.1, 0.15) is 6.92 Å². The van der Waals surface area contributed by atoms with Crippen molar-refractivity contribution in [1.82, 2.24) is 0 Å². The first-order chi connectivity index (χ1) is 8.65. The molecule has 8 heteroatoms. The van der Waals surface area contributed by atoms with Crippen molar-refractivity contribution in [3.05, 3.63) is 23.3 Å². The standard InChI is InChI=1S/C11H12F3IO4/c1-6-3-7(11(12,13)14)4-10(8(6)15,9(16)17)19-5-18-2/h3-4,8H,5H2,1-2H3,(H,16,17). The monoisotopic (exact) mass is 392 g/mol. The molecule has 0 fully saturated rings. The van der Waals surface area contributed by atoms with Crippen molar-refractivity contribution in [3.63, 3.8) is 0 Å². The Labute approximate surface area is 121 Å². The summed E-state index contributed by atoms with van der Waals surface area (Å²) >= 11 is 1.75. The summed E-state index contributed by atoms with van der Waals surface area (Å²) in [4.78, 5) is 11.4. The van der Waals surface area contributed by atoms with Crippen LogP contribution in [0.3, 0.4) is 0 Å². The number of alkyl halides is 4. The number of allylic oxidation sites excluding steroid dienone is 2. The minimum atomic E-state index is -4.63. The van der Waals surface area contributed by atoms with Crippen LogP contribution < -0.4 is 0 Å². The average molecular weight is 392 g/mol. The van der Waals surface area contributed by atoms with E-state index in [-0.39, 0.29) is 5.57 Å². The Kier molecular flexibility index (Phi) is 5.02. The van der Waals surface area contributed by atoms with Gasteiger partial charge in [-0.2, -0.15) is 13.2 Å². The summed E-state index contributed by atoms with van der Waals surface area (Å²) in [5.74, 6) is -1.49. The van der Waals surface area contributed by atoms with Gasteiger partial charge in [-0.1, -0.05) is 34.2 Å². The summed E-state index contributed by atoms with van der Waals surface area (Å²) in [6.07, 6.45) is -3.11. The molecule has 0 saturated heterocycles. The highest BCUT2D eigenvalue weighted by atomic mass is 127. The molecule has 0 radical (unpaired) electrons. The highest BCUT2D eigenvalue weighted by Gasteiger charge is 2.50. The quantitative estimate of drug-likeness (QED) is 0.454. The van der Waals surface area contributed by atoms with Crippen LogP contribution in [0.4, 0.5) is 13.2 Å². The van der Waals surface area contributed by atoms with Gasteiger partial charge in [-0.05, 0) is 13.0 Å². The van der Waals surface area contributed by atoms with Crippen LogP contribution in [-0.2, 0) is 14.3 Å². The number of carbonyl (C=O) groups is 1. The van der Waals surface area contributed by atoms with Gasteiger partial charge in [-0.15, -0.1) is 0 Å². The minimum absolute atomic E-state index is 0.272. The zero-order valence-corrected chi connectivity index (χ0v) is 12.3. The summed E-state index contributed by atoms with van der Waals surface area (Å²) in [6, 6.07) is 0. The van der Waals surface area contributed by atoms with E-state index in [2.05, 4.69) is 4.74 Å². The Hall–Kier alpha value is -0.610. The number of carboxylic acid groups (broad SMARTS) is 1. The van der Waals surface area contributed by atoms with Crippen molar-refractivity contribution < 1.29 is 32.5 Å². The van der Waals surface area contributed by atoms with Gasteiger partial charge < -0.3 is 14.6 Å². The van der Waals surface area contributed by atoms with E-state index in [1.54, 1.807) is 22.6 Å². The van der Waals surface area contributed by atoms with Crippen LogP contribution >= 0.6 is 22.6 Å². The predicted octanol–water partition coefficient (Wildman–Crippen LogP) is 2.68. The molecule has 0 spiro atoms. The summed E-state index contributed by atoms with van der Waals surface area (Å²) in [5, 5.41) is 9.26. The molecule has 1 rings (SSSR count). The molecule has 0 aromatic rings. The fraction of sp³-hybridized carbons (Fsp3) is 0.545. The molecule has 1 N–H and O–H groups in total. The SMILES string of the molecule is COCOC1(C(=O)O)C=C(C(F)(F)F)C=C(C)C1I. The van der Waals surface area contributed by atoms with E-state index in [0.29, 0.717) is 6.08 Å². The van der Waals surface area contributed by atoms with Crippen LogP contribution in [0.5, 0.6) is 0 Å². The van der Waals surface area contributed by atoms with Crippen molar-refractivity contribution in [1.29, 1.82) is 0 Å². The van der Waals surface area contributed by atoms with Crippen molar-refractivity contribution in [2.45, 2.75) is 22.6 Å². The third kappa shape index (κ3) is 3.29. The molecule has 19 heavy (non-hydrogen) atoms. The van der Waals surface area contributed by atoms with Crippen molar-refractivity contribution in [3.8, 4) is 0 Å². The number of halogens is 4. The maximum absolute atomic E-state index is 12.8. The van der Waals surface area contributed by atoms with Gasteiger partial charge in [0.25, 0.3) is 0 Å². The number of carboxylic acids is 1. The average Bonchev–Trinajstić information content (AvgIpc) is 2.29. The number of aliphatic carboxylic acids is 1. The van der Waals surface area contributed by atoms with E-state index >= 15 is 0 Å². The summed E-state index contributed by atoms with van der Waals surface area (Å²) in [7, 11) is 1.26. The van der Waals surface area contributed by atoms with Gasteiger partial charge in [0.2, 0.25) is 5.60 Å². The summed E-state index contributed by atoms with van der Waals surface area (Å²) < 4.78 is 47.2. The lowest BCUT2D eigenvalue weighted by Gasteiger charge is -2.35. The second-order valence-corrected chi connectivity index (χ2v) is 5.24. The molecule has 0 aromatic heterocycles. The molecule has 1 aliphatic rings. The van der Waals surface area contributed by atoms with Gasteiger partial charge >= 0.3 is 12.1 Å². The molecule has 4 nitrogen and oxygen atoms in total. The van der Waals surface area contributed by atoms with Gasteiger partial charge in [-0.3, -0.25) is 0 Å². The summed E-state index contributed by atoms with van der Waals surface area (Å²) in [5.41, 5.74) is -2.84. The van der Waals surface area contributed by atoms with Gasteiger partial charge in [0.15, 0.2) is 0 Å². The molecular weight excluding hydrogens is 380 g/mol. The minimum Gasteiger partial charge on any atom is -0.479 e. The van der Waals surface area contributed by atoms with Crippen molar-refractivity contribution in [2.24, 2.45) is 0 Å². The molecule has 2 atom stereocenters. The van der Waals surface area contributed by atoms with Crippen molar-refractivity contribution in [2.75, 3.05) is 13.9 Å². The smallest absolute Gasteiger partial charge is 0.416 e. The van der Waals surface area contributed by atoms with Gasteiger partial charge in [0.05, 0.1) is 9.50 Å². The Morgan fingerprint density at radius 3 is 2.58 bits per heavy atom. The topological polar surface area (TPSA) is 55.8 Å². The molecule has 0 amide bonds. The van der Waals surface area contributed by atoms with Crippen LogP contribution in [0.2, 0.25) is 0 Å². The fourth-order valence-corrected chi connectivity index (χ4v) is 2.48. The zero-order valence-electron chi connectivity index (χ0n) is 10.1. The van der Waals surface area contributed by atoms with Crippen LogP contribution in [0.25, 0.3) is 0 Å². The van der Waals surface area contributed by atoms with E-state index in [4.69, 9.17) is 4.74 Å². The molecule has 108 valence electrons. The number of methoxy groups -OCH3 is 1. The molecule has 0 aromatic carbocycles. The van der Waals surface area contributed by atoms with E-state index in [9.17, 15) is 23.1 Å². The Balaban J connectivity index is 3.31.